The minimum atomic E-state index is -2.97. The van der Waals surface area contributed by atoms with E-state index in [1.165, 1.54) is 6.26 Å². The van der Waals surface area contributed by atoms with E-state index in [1.54, 1.807) is 36.6 Å². The van der Waals surface area contributed by atoms with Crippen molar-refractivity contribution in [3.63, 3.8) is 0 Å². The van der Waals surface area contributed by atoms with Gasteiger partial charge in [-0.05, 0) is 30.7 Å². The van der Waals surface area contributed by atoms with Crippen LogP contribution in [0.2, 0.25) is 0 Å². The van der Waals surface area contributed by atoms with Crippen LogP contribution in [-0.2, 0) is 16.4 Å². The smallest absolute Gasteiger partial charge is 0.253 e. The van der Waals surface area contributed by atoms with Crippen molar-refractivity contribution in [2.45, 2.75) is 13.0 Å². The summed E-state index contributed by atoms with van der Waals surface area (Å²) in [5, 5.41) is 5.90. The summed E-state index contributed by atoms with van der Waals surface area (Å²) in [5.74, 6) is 0.580. The van der Waals surface area contributed by atoms with E-state index in [-0.39, 0.29) is 11.7 Å². The number of anilines is 1. The van der Waals surface area contributed by atoms with Gasteiger partial charge in [0.15, 0.2) is 0 Å². The normalized spacial score (nSPS) is 11.2. The zero-order chi connectivity index (χ0) is 16.7. The van der Waals surface area contributed by atoms with Gasteiger partial charge in [0.2, 0.25) is 0 Å². The number of para-hydroxylation sites is 1. The molecule has 0 radical (unpaired) electrons. The maximum atomic E-state index is 12.3. The first-order valence-electron chi connectivity index (χ1n) is 7.27. The SMILES string of the molecule is CS(=O)(=O)CCCNc1ccccc1C(=O)NCc1ccco1. The van der Waals surface area contributed by atoms with Crippen LogP contribution >= 0.6 is 0 Å². The third kappa shape index (κ3) is 5.78. The Bertz CT molecular complexity index is 739. The van der Waals surface area contributed by atoms with E-state index in [0.717, 1.165) is 0 Å². The van der Waals surface area contributed by atoms with E-state index in [2.05, 4.69) is 10.6 Å². The van der Waals surface area contributed by atoms with Gasteiger partial charge < -0.3 is 15.1 Å². The predicted molar refractivity (Wildman–Crippen MR) is 89.1 cm³/mol. The quantitative estimate of drug-likeness (QED) is 0.720. The summed E-state index contributed by atoms with van der Waals surface area (Å²) in [6.45, 7) is 0.795. The molecule has 0 saturated heterocycles. The summed E-state index contributed by atoms with van der Waals surface area (Å²) >= 11 is 0. The van der Waals surface area contributed by atoms with Gasteiger partial charge in [-0.25, -0.2) is 8.42 Å². The van der Waals surface area contributed by atoms with Gasteiger partial charge in [-0.2, -0.15) is 0 Å². The van der Waals surface area contributed by atoms with Crippen molar-refractivity contribution in [1.29, 1.82) is 0 Å². The second-order valence-corrected chi connectivity index (χ2v) is 7.48. The third-order valence-corrected chi connectivity index (χ3v) is 4.21. The molecule has 23 heavy (non-hydrogen) atoms. The molecule has 0 aliphatic heterocycles. The molecule has 1 heterocycles. The molecular formula is C16H20N2O4S. The molecule has 1 amide bonds. The summed E-state index contributed by atoms with van der Waals surface area (Å²) in [5.41, 5.74) is 1.19. The summed E-state index contributed by atoms with van der Waals surface area (Å²) in [6.07, 6.45) is 3.25. The molecule has 1 aromatic carbocycles. The maximum Gasteiger partial charge on any atom is 0.253 e. The molecule has 0 saturated carbocycles. The number of sulfone groups is 1. The number of carbonyl (C=O) groups is 1. The highest BCUT2D eigenvalue weighted by atomic mass is 32.2. The van der Waals surface area contributed by atoms with Crippen molar-refractivity contribution in [2.75, 3.05) is 23.9 Å². The van der Waals surface area contributed by atoms with Gasteiger partial charge in [0, 0.05) is 18.5 Å². The number of amides is 1. The van der Waals surface area contributed by atoms with Gasteiger partial charge in [0.05, 0.1) is 24.1 Å². The molecule has 2 N–H and O–H groups in total. The largest absolute Gasteiger partial charge is 0.467 e. The Labute approximate surface area is 135 Å². The van der Waals surface area contributed by atoms with Crippen molar-refractivity contribution < 1.29 is 17.6 Å². The number of hydrogen-bond donors (Lipinski definition) is 2. The summed E-state index contributed by atoms with van der Waals surface area (Å²) < 4.78 is 27.4. The standard InChI is InChI=1S/C16H20N2O4S/c1-23(20,21)11-5-9-17-15-8-3-2-7-14(15)16(19)18-12-13-6-4-10-22-13/h2-4,6-8,10,17H,5,9,11-12H2,1H3,(H,18,19). The van der Waals surface area contributed by atoms with Gasteiger partial charge in [0.1, 0.15) is 15.6 Å². The average molecular weight is 336 g/mol. The molecule has 0 spiro atoms. The van der Waals surface area contributed by atoms with Crippen LogP contribution in [0, 0.1) is 0 Å². The van der Waals surface area contributed by atoms with E-state index in [9.17, 15) is 13.2 Å². The second kappa shape index (κ2) is 7.82. The third-order valence-electron chi connectivity index (χ3n) is 3.18. The highest BCUT2D eigenvalue weighted by Gasteiger charge is 2.11. The average Bonchev–Trinajstić information content (AvgIpc) is 3.02. The number of carbonyl (C=O) groups excluding carboxylic acids is 1. The fourth-order valence-corrected chi connectivity index (χ4v) is 2.74. The van der Waals surface area contributed by atoms with Crippen LogP contribution in [0.15, 0.2) is 47.1 Å². The topological polar surface area (TPSA) is 88.4 Å². The molecule has 2 aromatic rings. The van der Waals surface area contributed by atoms with Crippen LogP contribution in [0.25, 0.3) is 0 Å². The monoisotopic (exact) mass is 336 g/mol. The fraction of sp³-hybridized carbons (Fsp3) is 0.312. The number of rotatable bonds is 8. The number of hydrogen-bond acceptors (Lipinski definition) is 5. The zero-order valence-corrected chi connectivity index (χ0v) is 13.7. The van der Waals surface area contributed by atoms with Crippen LogP contribution < -0.4 is 10.6 Å². The van der Waals surface area contributed by atoms with Gasteiger partial charge >= 0.3 is 0 Å². The molecule has 7 heteroatoms. The van der Waals surface area contributed by atoms with Crippen LogP contribution in [0.5, 0.6) is 0 Å². The Morgan fingerprint density at radius 2 is 1.96 bits per heavy atom. The minimum absolute atomic E-state index is 0.118. The fourth-order valence-electron chi connectivity index (χ4n) is 2.07. The highest BCUT2D eigenvalue weighted by Crippen LogP contribution is 2.15. The van der Waals surface area contributed by atoms with Gasteiger partial charge in [-0.15, -0.1) is 0 Å². The second-order valence-electron chi connectivity index (χ2n) is 5.22. The van der Waals surface area contributed by atoms with E-state index in [0.29, 0.717) is 36.5 Å². The molecule has 2 rings (SSSR count). The van der Waals surface area contributed by atoms with Crippen LogP contribution in [0.3, 0.4) is 0 Å². The van der Waals surface area contributed by atoms with E-state index in [4.69, 9.17) is 4.42 Å². The molecule has 6 nitrogen and oxygen atoms in total. The molecule has 0 bridgehead atoms. The molecule has 1 aromatic heterocycles. The molecule has 0 fully saturated rings. The van der Waals surface area contributed by atoms with Crippen LogP contribution in [0.1, 0.15) is 22.5 Å². The summed E-state index contributed by atoms with van der Waals surface area (Å²) in [6, 6.07) is 10.7. The number of furan rings is 1. The van der Waals surface area contributed by atoms with Crippen LogP contribution in [-0.4, -0.2) is 32.9 Å². The molecule has 0 atom stereocenters. The molecule has 0 aliphatic carbocycles. The van der Waals surface area contributed by atoms with Crippen molar-refractivity contribution in [3.8, 4) is 0 Å². The van der Waals surface area contributed by atoms with Gasteiger partial charge in [0.25, 0.3) is 5.91 Å². The molecule has 124 valence electrons. The van der Waals surface area contributed by atoms with Crippen molar-refractivity contribution >= 4 is 21.4 Å². The van der Waals surface area contributed by atoms with Crippen molar-refractivity contribution in [1.82, 2.24) is 5.32 Å². The molecular weight excluding hydrogens is 316 g/mol. The lowest BCUT2D eigenvalue weighted by molar-refractivity contribution is 0.0949. The first kappa shape index (κ1) is 17.1. The Morgan fingerprint density at radius 1 is 1.17 bits per heavy atom. The Kier molecular flexibility index (Phi) is 5.81. The molecule has 0 aliphatic rings. The van der Waals surface area contributed by atoms with E-state index in [1.807, 2.05) is 6.07 Å². The minimum Gasteiger partial charge on any atom is -0.467 e. The first-order chi connectivity index (χ1) is 11.0. The lowest BCUT2D eigenvalue weighted by Crippen LogP contribution is -2.24. The molecule has 0 unspecified atom stereocenters. The van der Waals surface area contributed by atoms with Gasteiger partial charge in [-0.3, -0.25) is 4.79 Å². The van der Waals surface area contributed by atoms with E-state index < -0.39 is 9.84 Å². The maximum absolute atomic E-state index is 12.3. The Balaban J connectivity index is 1.92. The summed E-state index contributed by atoms with van der Waals surface area (Å²) in [7, 11) is -2.97. The van der Waals surface area contributed by atoms with Gasteiger partial charge in [-0.1, -0.05) is 12.1 Å². The van der Waals surface area contributed by atoms with Crippen molar-refractivity contribution in [3.05, 3.63) is 54.0 Å². The Hall–Kier alpha value is -2.28. The lowest BCUT2D eigenvalue weighted by atomic mass is 10.1. The number of nitrogens with one attached hydrogen (secondary N) is 2. The predicted octanol–water partition coefficient (Wildman–Crippen LogP) is 2.06. The summed E-state index contributed by atoms with van der Waals surface area (Å²) in [4.78, 5) is 12.3. The Morgan fingerprint density at radius 3 is 2.65 bits per heavy atom. The van der Waals surface area contributed by atoms with E-state index >= 15 is 0 Å². The number of benzene rings is 1. The highest BCUT2D eigenvalue weighted by molar-refractivity contribution is 7.90. The van der Waals surface area contributed by atoms with Crippen LogP contribution in [0.4, 0.5) is 5.69 Å². The zero-order valence-electron chi connectivity index (χ0n) is 12.9. The lowest BCUT2D eigenvalue weighted by Gasteiger charge is -2.11. The first-order valence-corrected chi connectivity index (χ1v) is 9.33. The van der Waals surface area contributed by atoms with Crippen molar-refractivity contribution in [2.24, 2.45) is 0 Å².